The molecular formula is C12H12N4O3. The van der Waals surface area contributed by atoms with E-state index in [4.69, 9.17) is 15.5 Å². The van der Waals surface area contributed by atoms with E-state index >= 15 is 0 Å². The Bertz CT molecular complexity index is 633. The molecule has 2 aromatic rings. The van der Waals surface area contributed by atoms with Crippen LogP contribution in [0.25, 0.3) is 0 Å². The third-order valence-corrected chi connectivity index (χ3v) is 2.38. The van der Waals surface area contributed by atoms with Crippen LogP contribution < -0.4 is 11.1 Å². The zero-order valence-electron chi connectivity index (χ0n) is 10.1. The number of carbonyl (C=O) groups is 1. The van der Waals surface area contributed by atoms with E-state index in [2.05, 4.69) is 15.6 Å². The quantitative estimate of drug-likeness (QED) is 0.333. The number of hydrogen-bond donors (Lipinski definition) is 3. The second-order valence-electron chi connectivity index (χ2n) is 3.84. The van der Waals surface area contributed by atoms with E-state index in [1.165, 1.54) is 6.07 Å². The Balaban J connectivity index is 2.17. The molecule has 4 N–H and O–H groups in total. The van der Waals surface area contributed by atoms with Gasteiger partial charge < -0.3 is 20.8 Å². The van der Waals surface area contributed by atoms with Gasteiger partial charge in [-0.2, -0.15) is 0 Å². The van der Waals surface area contributed by atoms with Crippen LogP contribution in [0.2, 0.25) is 0 Å². The van der Waals surface area contributed by atoms with E-state index in [0.29, 0.717) is 17.0 Å². The number of carbonyl (C=O) groups excluding carboxylic acids is 1. The lowest BCUT2D eigenvalue weighted by Crippen LogP contribution is -2.15. The Kier molecular flexibility index (Phi) is 3.46. The van der Waals surface area contributed by atoms with E-state index in [-0.39, 0.29) is 11.5 Å². The highest BCUT2D eigenvalue weighted by Crippen LogP contribution is 2.12. The van der Waals surface area contributed by atoms with Crippen molar-refractivity contribution >= 4 is 17.4 Å². The van der Waals surface area contributed by atoms with Crippen molar-refractivity contribution in [3.8, 4) is 0 Å². The fraction of sp³-hybridized carbons (Fsp3) is 0.0833. The van der Waals surface area contributed by atoms with E-state index in [9.17, 15) is 4.79 Å². The predicted octanol–water partition coefficient (Wildman–Crippen LogP) is 1.33. The minimum atomic E-state index is -0.395. The number of anilines is 1. The van der Waals surface area contributed by atoms with Crippen LogP contribution in [0.1, 0.15) is 21.8 Å². The lowest BCUT2D eigenvalue weighted by molar-refractivity contribution is 0.101. The molecule has 0 fully saturated rings. The van der Waals surface area contributed by atoms with Gasteiger partial charge in [0.05, 0.1) is 0 Å². The molecule has 98 valence electrons. The van der Waals surface area contributed by atoms with Crippen LogP contribution in [0.5, 0.6) is 0 Å². The first-order chi connectivity index (χ1) is 9.10. The molecule has 1 heterocycles. The normalized spacial score (nSPS) is 11.3. The number of amidine groups is 1. The van der Waals surface area contributed by atoms with Crippen LogP contribution in [-0.2, 0) is 0 Å². The average molecular weight is 260 g/mol. The number of oxime groups is 1. The van der Waals surface area contributed by atoms with Gasteiger partial charge in [-0.05, 0) is 19.1 Å². The van der Waals surface area contributed by atoms with Crippen molar-refractivity contribution in [1.29, 1.82) is 0 Å². The van der Waals surface area contributed by atoms with Gasteiger partial charge in [-0.1, -0.05) is 22.4 Å². The molecule has 7 nitrogen and oxygen atoms in total. The summed E-state index contributed by atoms with van der Waals surface area (Å²) in [4.78, 5) is 11.8. The van der Waals surface area contributed by atoms with Gasteiger partial charge in [0.25, 0.3) is 5.91 Å². The van der Waals surface area contributed by atoms with Crippen LogP contribution in [0.3, 0.4) is 0 Å². The van der Waals surface area contributed by atoms with E-state index in [1.54, 1.807) is 31.2 Å². The Morgan fingerprint density at radius 2 is 2.26 bits per heavy atom. The van der Waals surface area contributed by atoms with Gasteiger partial charge in [0.15, 0.2) is 11.5 Å². The molecule has 0 bridgehead atoms. The van der Waals surface area contributed by atoms with Gasteiger partial charge in [-0.3, -0.25) is 4.79 Å². The van der Waals surface area contributed by atoms with Crippen LogP contribution in [0.15, 0.2) is 40.0 Å². The highest BCUT2D eigenvalue weighted by Gasteiger charge is 2.11. The summed E-state index contributed by atoms with van der Waals surface area (Å²) in [7, 11) is 0. The van der Waals surface area contributed by atoms with Crippen molar-refractivity contribution in [3.63, 3.8) is 0 Å². The number of aryl methyl sites for hydroxylation is 1. The molecule has 7 heteroatoms. The molecule has 0 saturated carbocycles. The first kappa shape index (κ1) is 12.6. The third-order valence-electron chi connectivity index (χ3n) is 2.38. The van der Waals surface area contributed by atoms with Gasteiger partial charge in [0.2, 0.25) is 0 Å². The third kappa shape index (κ3) is 2.89. The molecule has 0 saturated heterocycles. The molecule has 0 aliphatic heterocycles. The van der Waals surface area contributed by atoms with Crippen molar-refractivity contribution in [2.45, 2.75) is 6.92 Å². The Labute approximate surface area is 108 Å². The standard InChI is InChI=1S/C12H12N4O3/c1-7-5-10(16-19-7)12(17)14-9-4-2-3-8(6-9)11(13)15-18/h2-6,18H,1H3,(H2,13,15)(H,14,17). The van der Waals surface area contributed by atoms with Gasteiger partial charge >= 0.3 is 0 Å². The first-order valence-electron chi connectivity index (χ1n) is 5.43. The summed E-state index contributed by atoms with van der Waals surface area (Å²) >= 11 is 0. The monoisotopic (exact) mass is 260 g/mol. The summed E-state index contributed by atoms with van der Waals surface area (Å²) in [6, 6.07) is 8.13. The summed E-state index contributed by atoms with van der Waals surface area (Å²) in [5.74, 6) is 0.123. The fourth-order valence-corrected chi connectivity index (χ4v) is 1.48. The van der Waals surface area contributed by atoms with E-state index in [1.807, 2.05) is 0 Å². The van der Waals surface area contributed by atoms with Crippen LogP contribution in [0, 0.1) is 6.92 Å². The summed E-state index contributed by atoms with van der Waals surface area (Å²) in [5, 5.41) is 17.7. The van der Waals surface area contributed by atoms with Gasteiger partial charge in [-0.25, -0.2) is 0 Å². The van der Waals surface area contributed by atoms with Crippen molar-refractivity contribution in [1.82, 2.24) is 5.16 Å². The van der Waals surface area contributed by atoms with Crippen molar-refractivity contribution < 1.29 is 14.5 Å². The maximum atomic E-state index is 11.8. The maximum absolute atomic E-state index is 11.8. The van der Waals surface area contributed by atoms with Gasteiger partial charge in [-0.15, -0.1) is 0 Å². The summed E-state index contributed by atoms with van der Waals surface area (Å²) in [5.41, 5.74) is 6.66. The number of nitrogens with two attached hydrogens (primary N) is 1. The second kappa shape index (κ2) is 5.21. The van der Waals surface area contributed by atoms with Crippen molar-refractivity contribution in [2.75, 3.05) is 5.32 Å². The Morgan fingerprint density at radius 3 is 2.89 bits per heavy atom. The molecule has 2 rings (SSSR count). The van der Waals surface area contributed by atoms with Gasteiger partial charge in [0.1, 0.15) is 5.76 Å². The molecule has 0 aliphatic rings. The van der Waals surface area contributed by atoms with E-state index < -0.39 is 5.91 Å². The Hall–Kier alpha value is -2.83. The molecular weight excluding hydrogens is 248 g/mol. The van der Waals surface area contributed by atoms with Crippen LogP contribution in [0.4, 0.5) is 5.69 Å². The zero-order valence-corrected chi connectivity index (χ0v) is 10.1. The Morgan fingerprint density at radius 1 is 1.47 bits per heavy atom. The fourth-order valence-electron chi connectivity index (χ4n) is 1.48. The van der Waals surface area contributed by atoms with Crippen LogP contribution >= 0.6 is 0 Å². The molecule has 0 atom stereocenters. The summed E-state index contributed by atoms with van der Waals surface area (Å²) in [6.45, 7) is 1.70. The predicted molar refractivity (Wildman–Crippen MR) is 68.1 cm³/mol. The van der Waals surface area contributed by atoms with E-state index in [0.717, 1.165) is 0 Å². The van der Waals surface area contributed by atoms with Crippen molar-refractivity contribution in [2.24, 2.45) is 10.9 Å². The molecule has 1 aromatic carbocycles. The average Bonchev–Trinajstić information content (AvgIpc) is 2.85. The van der Waals surface area contributed by atoms with Crippen molar-refractivity contribution in [3.05, 3.63) is 47.3 Å². The topological polar surface area (TPSA) is 114 Å². The molecule has 1 aromatic heterocycles. The highest BCUT2D eigenvalue weighted by molar-refractivity contribution is 6.04. The number of aromatic nitrogens is 1. The number of rotatable bonds is 3. The minimum absolute atomic E-state index is 0.0339. The lowest BCUT2D eigenvalue weighted by Gasteiger charge is -2.05. The number of hydrogen-bond acceptors (Lipinski definition) is 5. The summed E-state index contributed by atoms with van der Waals surface area (Å²) < 4.78 is 4.82. The highest BCUT2D eigenvalue weighted by atomic mass is 16.5. The largest absolute Gasteiger partial charge is 0.409 e. The summed E-state index contributed by atoms with van der Waals surface area (Å²) in [6.07, 6.45) is 0. The number of amides is 1. The smallest absolute Gasteiger partial charge is 0.277 e. The molecule has 1 amide bonds. The molecule has 0 spiro atoms. The minimum Gasteiger partial charge on any atom is -0.409 e. The number of nitrogens with one attached hydrogen (secondary N) is 1. The molecule has 0 unspecified atom stereocenters. The number of benzene rings is 1. The molecule has 0 radical (unpaired) electrons. The second-order valence-corrected chi connectivity index (χ2v) is 3.84. The lowest BCUT2D eigenvalue weighted by atomic mass is 10.2. The SMILES string of the molecule is Cc1cc(C(=O)Nc2cccc(C(N)=NO)c2)no1. The zero-order chi connectivity index (χ0) is 13.8. The van der Waals surface area contributed by atoms with Crippen LogP contribution in [-0.4, -0.2) is 22.1 Å². The first-order valence-corrected chi connectivity index (χ1v) is 5.43. The maximum Gasteiger partial charge on any atom is 0.277 e. The van der Waals surface area contributed by atoms with Gasteiger partial charge in [0, 0.05) is 17.3 Å². The number of nitrogens with zero attached hydrogens (tertiary/aromatic N) is 2. The molecule has 19 heavy (non-hydrogen) atoms. The molecule has 0 aliphatic carbocycles.